The van der Waals surface area contributed by atoms with Crippen molar-refractivity contribution in [1.29, 1.82) is 0 Å². The van der Waals surface area contributed by atoms with Crippen molar-refractivity contribution in [2.24, 2.45) is 0 Å². The van der Waals surface area contributed by atoms with Gasteiger partial charge in [0.05, 0.1) is 6.04 Å². The number of nitrogens with two attached hydrogens (primary N) is 1. The van der Waals surface area contributed by atoms with Crippen LogP contribution in [0.2, 0.25) is 5.02 Å². The third kappa shape index (κ3) is 1.99. The van der Waals surface area contributed by atoms with Crippen molar-refractivity contribution in [1.82, 2.24) is 0 Å². The maximum absolute atomic E-state index is 6.01. The van der Waals surface area contributed by atoms with E-state index >= 15 is 0 Å². The molecule has 0 unspecified atom stereocenters. The highest BCUT2D eigenvalue weighted by atomic mass is 35.5. The zero-order valence-corrected chi connectivity index (χ0v) is 7.72. The summed E-state index contributed by atoms with van der Waals surface area (Å²) in [6.45, 7) is 1.03. The van der Waals surface area contributed by atoms with Gasteiger partial charge >= 0.3 is 0 Å². The molecule has 1 nitrogen and oxygen atoms in total. The number of halogens is 1. The molecule has 2 N–H and O–H groups in total. The molecular weight excluding hydrogens is 170 g/mol. The molecule has 64 valence electrons. The molecule has 0 radical (unpaired) electrons. The van der Waals surface area contributed by atoms with Gasteiger partial charge in [0, 0.05) is 23.4 Å². The molecule has 0 saturated heterocycles. The minimum atomic E-state index is 0.876. The van der Waals surface area contributed by atoms with E-state index in [1.165, 1.54) is 18.4 Å². The van der Waals surface area contributed by atoms with E-state index in [2.05, 4.69) is 11.4 Å². The molecule has 1 aromatic rings. The van der Waals surface area contributed by atoms with Crippen LogP contribution < -0.4 is 5.32 Å². The Bertz CT molecular complexity index is 268. The second kappa shape index (κ2) is 3.46. The summed E-state index contributed by atoms with van der Waals surface area (Å²) in [4.78, 5) is 0. The van der Waals surface area contributed by atoms with Crippen LogP contribution in [-0.2, 0) is 6.54 Å². The summed E-state index contributed by atoms with van der Waals surface area (Å²) in [5.41, 5.74) is 1.26. The van der Waals surface area contributed by atoms with E-state index < -0.39 is 0 Å². The standard InChI is InChI=1S/C10H12ClN/c11-10-4-2-1-3-8(10)7-12-9-5-6-9/h1-4,9,12H,5-7H2/p+1. The topological polar surface area (TPSA) is 16.6 Å². The minimum Gasteiger partial charge on any atom is -0.340 e. The molecule has 1 fully saturated rings. The molecule has 1 aromatic carbocycles. The van der Waals surface area contributed by atoms with E-state index in [1.54, 1.807) is 0 Å². The second-order valence-electron chi connectivity index (χ2n) is 3.37. The van der Waals surface area contributed by atoms with Gasteiger partial charge in [-0.05, 0) is 6.07 Å². The summed E-state index contributed by atoms with van der Waals surface area (Å²) in [6, 6.07) is 8.95. The molecule has 2 heteroatoms. The van der Waals surface area contributed by atoms with Gasteiger partial charge in [0.25, 0.3) is 0 Å². The van der Waals surface area contributed by atoms with Crippen molar-refractivity contribution in [3.63, 3.8) is 0 Å². The SMILES string of the molecule is Clc1ccccc1C[NH2+]C1CC1. The molecule has 12 heavy (non-hydrogen) atoms. The van der Waals surface area contributed by atoms with E-state index in [4.69, 9.17) is 11.6 Å². The molecule has 0 heterocycles. The molecule has 2 rings (SSSR count). The van der Waals surface area contributed by atoms with E-state index in [-0.39, 0.29) is 0 Å². The van der Waals surface area contributed by atoms with Gasteiger partial charge in [0.15, 0.2) is 0 Å². The lowest BCUT2D eigenvalue weighted by Crippen LogP contribution is -2.84. The van der Waals surface area contributed by atoms with Gasteiger partial charge in [-0.3, -0.25) is 0 Å². The van der Waals surface area contributed by atoms with Crippen LogP contribution in [0.5, 0.6) is 0 Å². The smallest absolute Gasteiger partial charge is 0.103 e. The van der Waals surface area contributed by atoms with Crippen LogP contribution >= 0.6 is 11.6 Å². The minimum absolute atomic E-state index is 0.876. The first-order valence-corrected chi connectivity index (χ1v) is 4.81. The summed E-state index contributed by atoms with van der Waals surface area (Å²) in [5, 5.41) is 3.27. The third-order valence-corrected chi connectivity index (χ3v) is 2.62. The molecule has 0 bridgehead atoms. The van der Waals surface area contributed by atoms with Gasteiger partial charge in [-0.25, -0.2) is 0 Å². The van der Waals surface area contributed by atoms with Crippen molar-refractivity contribution in [3.8, 4) is 0 Å². The first-order valence-electron chi connectivity index (χ1n) is 4.43. The van der Waals surface area contributed by atoms with Gasteiger partial charge in [0.1, 0.15) is 6.54 Å². The average molecular weight is 183 g/mol. The van der Waals surface area contributed by atoms with Gasteiger partial charge in [0.2, 0.25) is 0 Å². The largest absolute Gasteiger partial charge is 0.340 e. The van der Waals surface area contributed by atoms with Crippen LogP contribution in [-0.4, -0.2) is 6.04 Å². The summed E-state index contributed by atoms with van der Waals surface area (Å²) >= 11 is 6.01. The molecule has 0 amide bonds. The molecule has 0 atom stereocenters. The first kappa shape index (κ1) is 8.09. The summed E-state index contributed by atoms with van der Waals surface area (Å²) in [6.07, 6.45) is 2.76. The number of benzene rings is 1. The lowest BCUT2D eigenvalue weighted by Gasteiger charge is -2.01. The fourth-order valence-electron chi connectivity index (χ4n) is 1.29. The Kier molecular flexibility index (Phi) is 2.33. The lowest BCUT2D eigenvalue weighted by molar-refractivity contribution is -0.683. The maximum atomic E-state index is 6.01. The van der Waals surface area contributed by atoms with Crippen molar-refractivity contribution < 1.29 is 5.32 Å². The Morgan fingerprint density at radius 1 is 1.33 bits per heavy atom. The number of hydrogen-bond acceptors (Lipinski definition) is 0. The van der Waals surface area contributed by atoms with Gasteiger partial charge in [-0.2, -0.15) is 0 Å². The van der Waals surface area contributed by atoms with E-state index in [0.29, 0.717) is 0 Å². The van der Waals surface area contributed by atoms with Crippen LogP contribution in [0.25, 0.3) is 0 Å². The van der Waals surface area contributed by atoms with Crippen molar-refractivity contribution in [3.05, 3.63) is 34.9 Å². The summed E-state index contributed by atoms with van der Waals surface area (Å²) in [7, 11) is 0. The maximum Gasteiger partial charge on any atom is 0.103 e. The van der Waals surface area contributed by atoms with Crippen molar-refractivity contribution >= 4 is 11.6 Å². The normalized spacial score (nSPS) is 16.4. The molecule has 1 aliphatic rings. The zero-order chi connectivity index (χ0) is 8.39. The van der Waals surface area contributed by atoms with E-state index in [1.807, 2.05) is 18.2 Å². The zero-order valence-electron chi connectivity index (χ0n) is 6.96. The van der Waals surface area contributed by atoms with Crippen LogP contribution in [0.3, 0.4) is 0 Å². The molecule has 0 spiro atoms. The molecule has 0 aromatic heterocycles. The molecular formula is C10H13ClN+. The third-order valence-electron chi connectivity index (χ3n) is 2.25. The highest BCUT2D eigenvalue weighted by Crippen LogP contribution is 2.16. The predicted molar refractivity (Wildman–Crippen MR) is 50.1 cm³/mol. The molecule has 0 aliphatic heterocycles. The molecule has 1 saturated carbocycles. The van der Waals surface area contributed by atoms with Gasteiger partial charge in [-0.1, -0.05) is 29.8 Å². The first-order chi connectivity index (χ1) is 5.86. The number of rotatable bonds is 3. The predicted octanol–water partition coefficient (Wildman–Crippen LogP) is 1.57. The lowest BCUT2D eigenvalue weighted by atomic mass is 10.2. The summed E-state index contributed by atoms with van der Waals surface area (Å²) < 4.78 is 0. The Morgan fingerprint density at radius 3 is 2.75 bits per heavy atom. The Labute approximate surface area is 77.7 Å². The fraction of sp³-hybridized carbons (Fsp3) is 0.400. The van der Waals surface area contributed by atoms with Crippen LogP contribution in [0.1, 0.15) is 18.4 Å². The van der Waals surface area contributed by atoms with E-state index in [9.17, 15) is 0 Å². The Balaban J connectivity index is 1.96. The van der Waals surface area contributed by atoms with Crippen LogP contribution in [0, 0.1) is 0 Å². The van der Waals surface area contributed by atoms with Gasteiger partial charge in [-0.15, -0.1) is 0 Å². The average Bonchev–Trinajstić information content (AvgIpc) is 2.86. The highest BCUT2D eigenvalue weighted by Gasteiger charge is 2.24. The monoisotopic (exact) mass is 182 g/mol. The fourth-order valence-corrected chi connectivity index (χ4v) is 1.50. The Hall–Kier alpha value is -0.530. The second-order valence-corrected chi connectivity index (χ2v) is 3.78. The van der Waals surface area contributed by atoms with Crippen LogP contribution in [0.15, 0.2) is 24.3 Å². The summed E-state index contributed by atoms with van der Waals surface area (Å²) in [5.74, 6) is 0. The van der Waals surface area contributed by atoms with E-state index in [0.717, 1.165) is 17.6 Å². The highest BCUT2D eigenvalue weighted by molar-refractivity contribution is 6.31. The Morgan fingerprint density at radius 2 is 2.08 bits per heavy atom. The number of hydrogen-bond donors (Lipinski definition) is 1. The van der Waals surface area contributed by atoms with Crippen LogP contribution in [0.4, 0.5) is 0 Å². The molecule has 1 aliphatic carbocycles. The van der Waals surface area contributed by atoms with Crippen molar-refractivity contribution in [2.45, 2.75) is 25.4 Å². The number of quaternary nitrogens is 1. The quantitative estimate of drug-likeness (QED) is 0.731. The van der Waals surface area contributed by atoms with Crippen molar-refractivity contribution in [2.75, 3.05) is 0 Å². The van der Waals surface area contributed by atoms with Gasteiger partial charge < -0.3 is 5.32 Å².